The minimum Gasteiger partial charge on any atom is -0.340 e. The molecular formula is C22H18Cl2N10O2. The highest BCUT2D eigenvalue weighted by Crippen LogP contribution is 2.21. The molecule has 6 heterocycles. The quantitative estimate of drug-likeness (QED) is 0.205. The number of rotatable bonds is 2. The predicted molar refractivity (Wildman–Crippen MR) is 136 cm³/mol. The minimum atomic E-state index is -0.569. The van der Waals surface area contributed by atoms with Gasteiger partial charge in [0, 0.05) is 55.6 Å². The molecule has 182 valence electrons. The van der Waals surface area contributed by atoms with Crippen LogP contribution in [0.15, 0.2) is 76.3 Å². The predicted octanol–water partition coefficient (Wildman–Crippen LogP) is 2.46. The third-order valence-electron chi connectivity index (χ3n) is 5.20. The Morgan fingerprint density at radius 3 is 2.31 bits per heavy atom. The van der Waals surface area contributed by atoms with Gasteiger partial charge in [0.2, 0.25) is 5.28 Å². The second-order valence-electron chi connectivity index (χ2n) is 7.46. The van der Waals surface area contributed by atoms with Crippen molar-refractivity contribution in [1.29, 1.82) is 0 Å². The molecule has 0 bridgehead atoms. The van der Waals surface area contributed by atoms with Crippen molar-refractivity contribution in [3.63, 3.8) is 0 Å². The Bertz CT molecular complexity index is 1660. The molecule has 0 fully saturated rings. The lowest BCUT2D eigenvalue weighted by Crippen LogP contribution is -2.26. The van der Waals surface area contributed by atoms with Gasteiger partial charge in [-0.25, -0.2) is 15.0 Å². The molecule has 0 aromatic carbocycles. The number of fused-ring (bicyclic) bond motifs is 2. The van der Waals surface area contributed by atoms with Gasteiger partial charge in [-0.3, -0.25) is 9.59 Å². The molecule has 14 heteroatoms. The van der Waals surface area contributed by atoms with Crippen LogP contribution in [0.1, 0.15) is 12.6 Å². The van der Waals surface area contributed by atoms with E-state index in [1.54, 1.807) is 46.6 Å². The van der Waals surface area contributed by atoms with Crippen molar-refractivity contribution in [2.45, 2.75) is 19.1 Å². The first kappa shape index (κ1) is 23.5. The summed E-state index contributed by atoms with van der Waals surface area (Å²) in [7, 11) is 0. The molecule has 12 nitrogen and oxygen atoms in total. The van der Waals surface area contributed by atoms with Gasteiger partial charge in [0.05, 0.1) is 12.7 Å². The van der Waals surface area contributed by atoms with E-state index in [0.717, 1.165) is 12.2 Å². The Hall–Kier alpha value is -4.29. The fourth-order valence-electron chi connectivity index (χ4n) is 3.51. The Kier molecular flexibility index (Phi) is 6.36. The molecule has 0 aliphatic carbocycles. The van der Waals surface area contributed by atoms with Gasteiger partial charge in [0.25, 0.3) is 0 Å². The summed E-state index contributed by atoms with van der Waals surface area (Å²) in [6.45, 7) is 2.74. The monoisotopic (exact) mass is 524 g/mol. The largest absolute Gasteiger partial charge is 0.340 e. The van der Waals surface area contributed by atoms with Crippen LogP contribution in [-0.4, -0.2) is 50.1 Å². The zero-order chi connectivity index (χ0) is 25.2. The highest BCUT2D eigenvalue weighted by Gasteiger charge is 2.21. The number of aryl methyl sites for hydroxylation is 1. The molecule has 5 aromatic heterocycles. The van der Waals surface area contributed by atoms with E-state index in [1.807, 2.05) is 11.5 Å². The maximum Gasteiger partial charge on any atom is 0.226 e. The van der Waals surface area contributed by atoms with E-state index >= 15 is 0 Å². The highest BCUT2D eigenvalue weighted by molar-refractivity contribution is 6.28. The smallest absolute Gasteiger partial charge is 0.226 e. The van der Waals surface area contributed by atoms with Gasteiger partial charge in [-0.15, -0.1) is 0 Å². The summed E-state index contributed by atoms with van der Waals surface area (Å²) in [6.07, 6.45) is 9.80. The van der Waals surface area contributed by atoms with Crippen LogP contribution >= 0.6 is 23.2 Å². The van der Waals surface area contributed by atoms with Gasteiger partial charge < -0.3 is 24.0 Å². The van der Waals surface area contributed by atoms with Crippen LogP contribution in [0.2, 0.25) is 5.28 Å². The van der Waals surface area contributed by atoms with Crippen molar-refractivity contribution in [2.75, 3.05) is 5.32 Å². The summed E-state index contributed by atoms with van der Waals surface area (Å²) in [4.78, 5) is 46.2. The van der Waals surface area contributed by atoms with Crippen LogP contribution in [0, 0.1) is 0 Å². The second-order valence-corrected chi connectivity index (χ2v) is 8.21. The molecule has 6 rings (SSSR count). The lowest BCUT2D eigenvalue weighted by molar-refractivity contribution is 0.777. The number of aromatic nitrogens is 8. The zero-order valence-corrected chi connectivity index (χ0v) is 20.2. The molecule has 0 saturated carbocycles. The standard InChI is InChI=1S/C12H10ClN5O.C10H8ClN5O/c1-2-17-7-14-9-10(17)15-12(13)16-11(9)18-5-3-8(19)4-6-18;11-10-14-8-7(12-5-13-8)9(15-10)16-3-1-6(17)2-4-16/h3-7H,2H2,1H3;1-5,10,14H,(H,12,13). The molecule has 0 saturated heterocycles. The SMILES string of the molecule is CCn1cnc2c(-n3ccc(=O)cc3)nc(Cl)nc21.O=c1ccn(C2=NC(Cl)Nc3nc[nH]c32)cc1. The summed E-state index contributed by atoms with van der Waals surface area (Å²) in [5, 5.41) is 3.06. The van der Waals surface area contributed by atoms with Crippen LogP contribution in [0.4, 0.5) is 5.82 Å². The molecule has 0 radical (unpaired) electrons. The van der Waals surface area contributed by atoms with Gasteiger partial charge in [-0.05, 0) is 18.5 Å². The number of nitrogens with zero attached hydrogens (tertiary/aromatic N) is 8. The fourth-order valence-corrected chi connectivity index (χ4v) is 3.87. The number of hydrogen-bond acceptors (Lipinski definition) is 8. The Morgan fingerprint density at radius 2 is 1.64 bits per heavy atom. The first-order valence-electron chi connectivity index (χ1n) is 10.7. The van der Waals surface area contributed by atoms with Gasteiger partial charge in [-0.1, -0.05) is 11.6 Å². The molecule has 36 heavy (non-hydrogen) atoms. The number of pyridine rings is 2. The van der Waals surface area contributed by atoms with E-state index < -0.39 is 5.62 Å². The van der Waals surface area contributed by atoms with Crippen molar-refractivity contribution in [3.8, 4) is 5.82 Å². The maximum atomic E-state index is 11.1. The third-order valence-corrected chi connectivity index (χ3v) is 5.58. The minimum absolute atomic E-state index is 0.0527. The molecule has 0 spiro atoms. The van der Waals surface area contributed by atoms with E-state index in [1.165, 1.54) is 24.3 Å². The van der Waals surface area contributed by atoms with Crippen molar-refractivity contribution in [1.82, 2.24) is 38.6 Å². The van der Waals surface area contributed by atoms with E-state index in [9.17, 15) is 9.59 Å². The van der Waals surface area contributed by atoms with E-state index in [2.05, 4.69) is 35.2 Å². The topological polar surface area (TPSA) is 141 Å². The molecule has 1 unspecified atom stereocenters. The number of H-pyrrole nitrogens is 1. The Labute approximate surface area is 212 Å². The van der Waals surface area contributed by atoms with Crippen LogP contribution in [0.3, 0.4) is 0 Å². The molecule has 1 aliphatic heterocycles. The molecule has 1 aliphatic rings. The van der Waals surface area contributed by atoms with Crippen molar-refractivity contribution >= 4 is 46.0 Å². The molecule has 0 amide bonds. The lowest BCUT2D eigenvalue weighted by atomic mass is 10.3. The number of nitrogens with one attached hydrogen (secondary N) is 2. The summed E-state index contributed by atoms with van der Waals surface area (Å²) < 4.78 is 5.30. The first-order valence-corrected chi connectivity index (χ1v) is 11.5. The zero-order valence-electron chi connectivity index (χ0n) is 18.7. The number of alkyl halides is 1. The maximum absolute atomic E-state index is 11.1. The number of hydrogen-bond donors (Lipinski definition) is 2. The normalized spacial score (nSPS) is 14.4. The third kappa shape index (κ3) is 4.63. The summed E-state index contributed by atoms with van der Waals surface area (Å²) in [6, 6.07) is 5.84. The van der Waals surface area contributed by atoms with Crippen LogP contribution < -0.4 is 16.2 Å². The Balaban J connectivity index is 0.000000149. The summed E-state index contributed by atoms with van der Waals surface area (Å²) in [5.41, 5.74) is 1.38. The van der Waals surface area contributed by atoms with E-state index in [0.29, 0.717) is 28.6 Å². The average molecular weight is 525 g/mol. The molecule has 5 aromatic rings. The van der Waals surface area contributed by atoms with Gasteiger partial charge in [0.1, 0.15) is 5.69 Å². The Morgan fingerprint density at radius 1 is 0.972 bits per heavy atom. The summed E-state index contributed by atoms with van der Waals surface area (Å²) in [5.74, 6) is 1.83. The van der Waals surface area contributed by atoms with Gasteiger partial charge >= 0.3 is 0 Å². The molecule has 1 atom stereocenters. The fraction of sp³-hybridized carbons (Fsp3) is 0.136. The van der Waals surface area contributed by atoms with Crippen LogP contribution in [0.5, 0.6) is 0 Å². The summed E-state index contributed by atoms with van der Waals surface area (Å²) >= 11 is 11.9. The van der Waals surface area contributed by atoms with E-state index in [4.69, 9.17) is 23.2 Å². The number of anilines is 1. The average Bonchev–Trinajstić information content (AvgIpc) is 3.51. The van der Waals surface area contributed by atoms with Crippen LogP contribution in [0.25, 0.3) is 17.0 Å². The van der Waals surface area contributed by atoms with E-state index in [-0.39, 0.29) is 16.1 Å². The van der Waals surface area contributed by atoms with Crippen molar-refractivity contribution in [3.05, 3.63) is 93.1 Å². The van der Waals surface area contributed by atoms with Gasteiger partial charge in [-0.2, -0.15) is 9.97 Å². The van der Waals surface area contributed by atoms with Gasteiger partial charge in [0.15, 0.2) is 45.1 Å². The van der Waals surface area contributed by atoms with Crippen molar-refractivity contribution in [2.24, 2.45) is 4.99 Å². The first-order chi connectivity index (χ1) is 17.4. The molecular weight excluding hydrogens is 507 g/mol. The number of aromatic amines is 1. The second kappa shape index (κ2) is 9.76. The number of imidazole rings is 2. The molecule has 2 N–H and O–H groups in total. The highest BCUT2D eigenvalue weighted by atomic mass is 35.5. The van der Waals surface area contributed by atoms with Crippen molar-refractivity contribution < 1.29 is 0 Å². The number of aliphatic imine (C=N–C) groups is 1. The van der Waals surface area contributed by atoms with Crippen LogP contribution in [-0.2, 0) is 6.54 Å². The number of halogens is 2. The lowest BCUT2D eigenvalue weighted by Gasteiger charge is -2.18.